The monoisotopic (exact) mass is 158 g/mol. The molecule has 0 aromatic heterocycles. The molecule has 0 bridgehead atoms. The lowest BCUT2D eigenvalue weighted by atomic mass is 10.5. The molecule has 0 atom stereocenters. The number of hydrogen-bond acceptors (Lipinski definition) is 4. The maximum Gasteiger partial charge on any atom is 0.334 e. The zero-order chi connectivity index (χ0) is 8.10. The Morgan fingerprint density at radius 3 is 2.73 bits per heavy atom. The summed E-state index contributed by atoms with van der Waals surface area (Å²) in [6.45, 7) is 3.53. The predicted octanol–water partition coefficient (Wildman–Crippen LogP) is 0.436. The Balaban J connectivity index is 2.24. The highest BCUT2D eigenvalue weighted by molar-refractivity contribution is 5.81. The smallest absolute Gasteiger partial charge is 0.334 e. The first kappa shape index (κ1) is 8.23. The van der Waals surface area contributed by atoms with Crippen LogP contribution < -0.4 is 0 Å². The average molecular weight is 158 g/mol. The zero-order valence-electron chi connectivity index (χ0n) is 6.12. The maximum absolute atomic E-state index is 10.6. The molecule has 0 unspecified atom stereocenters. The Hall–Kier alpha value is -0.870. The molecule has 1 saturated heterocycles. The van der Waals surface area contributed by atoms with Gasteiger partial charge < -0.3 is 14.2 Å². The molecule has 1 fully saturated rings. The first-order chi connectivity index (χ1) is 5.33. The van der Waals surface area contributed by atoms with E-state index in [9.17, 15) is 4.79 Å². The van der Waals surface area contributed by atoms with Crippen LogP contribution >= 0.6 is 0 Å². The normalized spacial score (nSPS) is 19.3. The van der Waals surface area contributed by atoms with E-state index in [1.165, 1.54) is 0 Å². The fourth-order valence-corrected chi connectivity index (χ4v) is 0.677. The second kappa shape index (κ2) is 4.10. The van der Waals surface area contributed by atoms with Crippen LogP contribution in [0.4, 0.5) is 0 Å². The third-order valence-corrected chi connectivity index (χ3v) is 1.18. The summed E-state index contributed by atoms with van der Waals surface area (Å²) in [7, 11) is 0. The second-order valence-corrected chi connectivity index (χ2v) is 2.02. The Labute approximate surface area is 64.7 Å². The maximum atomic E-state index is 10.6. The van der Waals surface area contributed by atoms with Crippen molar-refractivity contribution in [2.75, 3.05) is 13.2 Å². The summed E-state index contributed by atoms with van der Waals surface area (Å²) in [5.74, 6) is -0.531. The Bertz CT molecular complexity index is 149. The van der Waals surface area contributed by atoms with Gasteiger partial charge in [0.2, 0.25) is 0 Å². The van der Waals surface area contributed by atoms with Gasteiger partial charge in [-0.1, -0.05) is 6.58 Å². The van der Waals surface area contributed by atoms with Crippen molar-refractivity contribution < 1.29 is 19.0 Å². The fourth-order valence-electron chi connectivity index (χ4n) is 0.677. The minimum absolute atomic E-state index is 0.531. The molecule has 1 aliphatic rings. The Kier molecular flexibility index (Phi) is 3.07. The van der Waals surface area contributed by atoms with Gasteiger partial charge in [0.05, 0.1) is 13.2 Å². The lowest BCUT2D eigenvalue weighted by Crippen LogP contribution is -2.29. The Morgan fingerprint density at radius 2 is 2.18 bits per heavy atom. The number of ether oxygens (including phenoxy) is 3. The molecule has 11 heavy (non-hydrogen) atoms. The van der Waals surface area contributed by atoms with Gasteiger partial charge >= 0.3 is 12.4 Å². The molecule has 0 aromatic carbocycles. The third-order valence-electron chi connectivity index (χ3n) is 1.18. The Morgan fingerprint density at radius 1 is 1.55 bits per heavy atom. The van der Waals surface area contributed by atoms with E-state index in [2.05, 4.69) is 11.3 Å². The van der Waals surface area contributed by atoms with E-state index in [-0.39, 0.29) is 0 Å². The van der Waals surface area contributed by atoms with Crippen LogP contribution in [0.5, 0.6) is 0 Å². The van der Waals surface area contributed by atoms with Crippen molar-refractivity contribution in [3.63, 3.8) is 0 Å². The molecule has 4 heteroatoms. The number of esters is 1. The van der Waals surface area contributed by atoms with Gasteiger partial charge in [0.1, 0.15) is 0 Å². The highest BCUT2D eigenvalue weighted by Crippen LogP contribution is 2.05. The summed E-state index contributed by atoms with van der Waals surface area (Å²) in [5.41, 5.74) is 0. The molecule has 1 aliphatic heterocycles. The molecule has 0 aromatic rings. The van der Waals surface area contributed by atoms with Crippen molar-refractivity contribution in [3.05, 3.63) is 12.7 Å². The first-order valence-electron chi connectivity index (χ1n) is 3.39. The number of hydrogen-bond donors (Lipinski definition) is 0. The van der Waals surface area contributed by atoms with Crippen LogP contribution in [0.1, 0.15) is 6.42 Å². The van der Waals surface area contributed by atoms with Gasteiger partial charge in [0.25, 0.3) is 0 Å². The van der Waals surface area contributed by atoms with Crippen LogP contribution in [0, 0.1) is 0 Å². The molecule has 0 amide bonds. The molecule has 4 nitrogen and oxygen atoms in total. The van der Waals surface area contributed by atoms with E-state index < -0.39 is 12.4 Å². The lowest BCUT2D eigenvalue weighted by molar-refractivity contribution is -0.294. The van der Waals surface area contributed by atoms with Gasteiger partial charge in [-0.05, 0) is 6.42 Å². The first-order valence-corrected chi connectivity index (χ1v) is 3.39. The minimum atomic E-state index is -0.839. The van der Waals surface area contributed by atoms with Crippen LogP contribution in [-0.2, 0) is 19.0 Å². The molecule has 62 valence electrons. The number of carbonyl (C=O) groups excluding carboxylic acids is 1. The topological polar surface area (TPSA) is 44.8 Å². The van der Waals surface area contributed by atoms with Crippen LogP contribution in [0.3, 0.4) is 0 Å². The van der Waals surface area contributed by atoms with Gasteiger partial charge in [-0.3, -0.25) is 0 Å². The van der Waals surface area contributed by atoms with Crippen molar-refractivity contribution in [1.82, 2.24) is 0 Å². The van der Waals surface area contributed by atoms with Gasteiger partial charge in [0.15, 0.2) is 0 Å². The van der Waals surface area contributed by atoms with E-state index in [0.717, 1.165) is 12.5 Å². The summed E-state index contributed by atoms with van der Waals surface area (Å²) in [6.07, 6.45) is 1.91. The molecule has 0 saturated carbocycles. The quantitative estimate of drug-likeness (QED) is 0.432. The largest absolute Gasteiger partial charge is 0.407 e. The third kappa shape index (κ3) is 2.69. The minimum Gasteiger partial charge on any atom is -0.407 e. The molecule has 0 radical (unpaired) electrons. The van der Waals surface area contributed by atoms with E-state index in [4.69, 9.17) is 9.47 Å². The highest BCUT2D eigenvalue weighted by atomic mass is 16.9. The molecular formula is C7H10O4. The average Bonchev–Trinajstić information content (AvgIpc) is 2.06. The summed E-state index contributed by atoms with van der Waals surface area (Å²) < 4.78 is 14.5. The molecule has 0 aliphatic carbocycles. The zero-order valence-corrected chi connectivity index (χ0v) is 6.12. The second-order valence-electron chi connectivity index (χ2n) is 2.02. The molecule has 0 spiro atoms. The standard InChI is InChI=1S/C7H10O4/c1-2-6(8)11-7-9-4-3-5-10-7/h2,7H,1,3-5H2. The van der Waals surface area contributed by atoms with Crippen LogP contribution in [-0.4, -0.2) is 25.7 Å². The fraction of sp³-hybridized carbons (Fsp3) is 0.571. The molecule has 1 rings (SSSR count). The van der Waals surface area contributed by atoms with E-state index in [1.54, 1.807) is 0 Å². The summed E-state index contributed by atoms with van der Waals surface area (Å²) >= 11 is 0. The molecule has 1 heterocycles. The van der Waals surface area contributed by atoms with Crippen molar-refractivity contribution in [2.24, 2.45) is 0 Å². The van der Waals surface area contributed by atoms with Gasteiger partial charge in [-0.15, -0.1) is 0 Å². The highest BCUT2D eigenvalue weighted by Gasteiger charge is 2.16. The van der Waals surface area contributed by atoms with E-state index >= 15 is 0 Å². The summed E-state index contributed by atoms with van der Waals surface area (Å²) in [4.78, 5) is 10.6. The van der Waals surface area contributed by atoms with Gasteiger partial charge in [0, 0.05) is 6.08 Å². The SMILES string of the molecule is C=CC(=O)OC1OCCCO1. The van der Waals surface area contributed by atoms with Crippen molar-refractivity contribution in [3.8, 4) is 0 Å². The van der Waals surface area contributed by atoms with Crippen LogP contribution in [0.25, 0.3) is 0 Å². The van der Waals surface area contributed by atoms with Gasteiger partial charge in [-0.2, -0.15) is 0 Å². The van der Waals surface area contributed by atoms with Crippen LogP contribution in [0.15, 0.2) is 12.7 Å². The van der Waals surface area contributed by atoms with Crippen LogP contribution in [0.2, 0.25) is 0 Å². The van der Waals surface area contributed by atoms with Crippen molar-refractivity contribution in [2.45, 2.75) is 12.9 Å². The van der Waals surface area contributed by atoms with Gasteiger partial charge in [-0.25, -0.2) is 4.79 Å². The van der Waals surface area contributed by atoms with E-state index in [0.29, 0.717) is 13.2 Å². The lowest BCUT2D eigenvalue weighted by Gasteiger charge is -2.21. The molecule has 0 N–H and O–H groups in total. The van der Waals surface area contributed by atoms with Crippen molar-refractivity contribution >= 4 is 5.97 Å². The summed E-state index contributed by atoms with van der Waals surface area (Å²) in [6, 6.07) is 0. The number of carbonyl (C=O) groups is 1. The van der Waals surface area contributed by atoms with E-state index in [1.807, 2.05) is 0 Å². The number of rotatable bonds is 2. The summed E-state index contributed by atoms with van der Waals surface area (Å²) in [5, 5.41) is 0. The van der Waals surface area contributed by atoms with Crippen molar-refractivity contribution in [1.29, 1.82) is 0 Å². The predicted molar refractivity (Wildman–Crippen MR) is 36.6 cm³/mol. The molecular weight excluding hydrogens is 148 g/mol.